The van der Waals surface area contributed by atoms with Crippen LogP contribution in [0.25, 0.3) is 0 Å². The average molecular weight is 250 g/mol. The van der Waals surface area contributed by atoms with Crippen LogP contribution in [0.2, 0.25) is 0 Å². The molecule has 0 heterocycles. The maximum Gasteiger partial charge on any atom is 0.0589 e. The van der Waals surface area contributed by atoms with Crippen LogP contribution in [0.4, 0.5) is 0 Å². The van der Waals surface area contributed by atoms with Crippen molar-refractivity contribution in [2.75, 3.05) is 26.8 Å². The summed E-state index contributed by atoms with van der Waals surface area (Å²) in [7, 11) is 1.74. The van der Waals surface area contributed by atoms with Gasteiger partial charge in [0, 0.05) is 32.3 Å². The highest BCUT2D eigenvalue weighted by Crippen LogP contribution is 2.05. The first-order valence-corrected chi connectivity index (χ1v) is 6.66. The maximum atomic E-state index is 6.23. The van der Waals surface area contributed by atoms with E-state index in [0.717, 1.165) is 26.1 Å². The summed E-state index contributed by atoms with van der Waals surface area (Å²) in [5.41, 5.74) is 7.54. The van der Waals surface area contributed by atoms with Gasteiger partial charge in [-0.2, -0.15) is 0 Å². The SMILES string of the molecule is COCCN(CC(N)Cc1ccccc1)C(C)C. The third-order valence-electron chi connectivity index (χ3n) is 3.12. The Kier molecular flexibility index (Phi) is 6.94. The van der Waals surface area contributed by atoms with Crippen LogP contribution >= 0.6 is 0 Å². The average Bonchev–Trinajstić information content (AvgIpc) is 2.35. The molecule has 0 aliphatic carbocycles. The van der Waals surface area contributed by atoms with Crippen molar-refractivity contribution in [2.24, 2.45) is 5.73 Å². The topological polar surface area (TPSA) is 38.5 Å². The molecule has 0 saturated heterocycles. The summed E-state index contributed by atoms with van der Waals surface area (Å²) in [5, 5.41) is 0. The van der Waals surface area contributed by atoms with Gasteiger partial charge < -0.3 is 10.5 Å². The van der Waals surface area contributed by atoms with Crippen molar-refractivity contribution in [1.29, 1.82) is 0 Å². The Labute approximate surface area is 111 Å². The lowest BCUT2D eigenvalue weighted by atomic mass is 10.1. The van der Waals surface area contributed by atoms with Crippen molar-refractivity contribution in [3.63, 3.8) is 0 Å². The van der Waals surface area contributed by atoms with E-state index in [0.29, 0.717) is 6.04 Å². The second-order valence-corrected chi connectivity index (χ2v) is 5.03. The second kappa shape index (κ2) is 8.25. The summed E-state index contributed by atoms with van der Waals surface area (Å²) in [6.45, 7) is 7.01. The van der Waals surface area contributed by atoms with Crippen LogP contribution in [0.5, 0.6) is 0 Å². The van der Waals surface area contributed by atoms with Crippen molar-refractivity contribution in [3.05, 3.63) is 35.9 Å². The molecule has 1 rings (SSSR count). The second-order valence-electron chi connectivity index (χ2n) is 5.03. The minimum atomic E-state index is 0.173. The third kappa shape index (κ3) is 5.63. The summed E-state index contributed by atoms with van der Waals surface area (Å²) in [6.07, 6.45) is 0.928. The predicted molar refractivity (Wildman–Crippen MR) is 76.7 cm³/mol. The van der Waals surface area contributed by atoms with Gasteiger partial charge in [0.2, 0.25) is 0 Å². The number of methoxy groups -OCH3 is 1. The maximum absolute atomic E-state index is 6.23. The normalized spacial score (nSPS) is 13.2. The molecular formula is C15H26N2O. The summed E-state index contributed by atoms with van der Waals surface area (Å²) >= 11 is 0. The largest absolute Gasteiger partial charge is 0.383 e. The molecule has 3 heteroatoms. The van der Waals surface area contributed by atoms with E-state index in [4.69, 9.17) is 10.5 Å². The minimum Gasteiger partial charge on any atom is -0.383 e. The fourth-order valence-electron chi connectivity index (χ4n) is 2.05. The van der Waals surface area contributed by atoms with E-state index < -0.39 is 0 Å². The number of hydrogen-bond donors (Lipinski definition) is 1. The number of nitrogens with two attached hydrogens (primary N) is 1. The van der Waals surface area contributed by atoms with Crippen LogP contribution in [-0.4, -0.2) is 43.8 Å². The lowest BCUT2D eigenvalue weighted by molar-refractivity contribution is 0.125. The van der Waals surface area contributed by atoms with E-state index in [1.54, 1.807) is 7.11 Å². The smallest absolute Gasteiger partial charge is 0.0589 e. The van der Waals surface area contributed by atoms with Gasteiger partial charge in [-0.25, -0.2) is 0 Å². The lowest BCUT2D eigenvalue weighted by Crippen LogP contribution is -2.43. The highest BCUT2D eigenvalue weighted by Gasteiger charge is 2.13. The Morgan fingerprint density at radius 1 is 1.22 bits per heavy atom. The number of rotatable bonds is 8. The zero-order valence-corrected chi connectivity index (χ0v) is 11.8. The molecule has 1 aromatic carbocycles. The Hall–Kier alpha value is -0.900. The fourth-order valence-corrected chi connectivity index (χ4v) is 2.05. The highest BCUT2D eigenvalue weighted by molar-refractivity contribution is 5.15. The predicted octanol–water partition coefficient (Wildman–Crippen LogP) is 1.91. The van der Waals surface area contributed by atoms with E-state index in [2.05, 4.69) is 43.0 Å². The molecule has 1 atom stereocenters. The molecule has 0 saturated carbocycles. The van der Waals surface area contributed by atoms with Crippen LogP contribution in [0.1, 0.15) is 19.4 Å². The van der Waals surface area contributed by atoms with Gasteiger partial charge in [-0.15, -0.1) is 0 Å². The van der Waals surface area contributed by atoms with Crippen LogP contribution in [0.3, 0.4) is 0 Å². The molecule has 0 aliphatic heterocycles. The molecule has 0 amide bonds. The van der Waals surface area contributed by atoms with E-state index in [9.17, 15) is 0 Å². The molecule has 1 aromatic rings. The molecule has 2 N–H and O–H groups in total. The first-order valence-electron chi connectivity index (χ1n) is 6.66. The van der Waals surface area contributed by atoms with Crippen molar-refractivity contribution in [2.45, 2.75) is 32.4 Å². The summed E-state index contributed by atoms with van der Waals surface area (Å²) < 4.78 is 5.14. The summed E-state index contributed by atoms with van der Waals surface area (Å²) in [4.78, 5) is 2.37. The van der Waals surface area contributed by atoms with Crippen molar-refractivity contribution < 1.29 is 4.74 Å². The van der Waals surface area contributed by atoms with Crippen LogP contribution < -0.4 is 5.73 Å². The van der Waals surface area contributed by atoms with Crippen LogP contribution in [0.15, 0.2) is 30.3 Å². The Morgan fingerprint density at radius 2 is 1.89 bits per heavy atom. The third-order valence-corrected chi connectivity index (χ3v) is 3.12. The molecule has 0 spiro atoms. The molecule has 0 bridgehead atoms. The van der Waals surface area contributed by atoms with Crippen molar-refractivity contribution in [3.8, 4) is 0 Å². The van der Waals surface area contributed by atoms with Gasteiger partial charge in [0.1, 0.15) is 0 Å². The zero-order chi connectivity index (χ0) is 13.4. The lowest BCUT2D eigenvalue weighted by Gasteiger charge is -2.29. The van der Waals surface area contributed by atoms with Crippen LogP contribution in [-0.2, 0) is 11.2 Å². The Morgan fingerprint density at radius 3 is 2.44 bits per heavy atom. The molecule has 0 aliphatic rings. The summed E-state index contributed by atoms with van der Waals surface area (Å²) in [5.74, 6) is 0. The molecule has 1 unspecified atom stereocenters. The summed E-state index contributed by atoms with van der Waals surface area (Å²) in [6, 6.07) is 11.1. The van der Waals surface area contributed by atoms with Crippen molar-refractivity contribution >= 4 is 0 Å². The number of nitrogens with zero attached hydrogens (tertiary/aromatic N) is 1. The molecule has 3 nitrogen and oxygen atoms in total. The molecule has 0 fully saturated rings. The quantitative estimate of drug-likeness (QED) is 0.766. The van der Waals surface area contributed by atoms with E-state index >= 15 is 0 Å². The van der Waals surface area contributed by atoms with Gasteiger partial charge >= 0.3 is 0 Å². The van der Waals surface area contributed by atoms with Gasteiger partial charge in [-0.1, -0.05) is 30.3 Å². The van der Waals surface area contributed by atoms with E-state index in [-0.39, 0.29) is 6.04 Å². The minimum absolute atomic E-state index is 0.173. The van der Waals surface area contributed by atoms with Gasteiger partial charge in [0.25, 0.3) is 0 Å². The Balaban J connectivity index is 2.43. The van der Waals surface area contributed by atoms with Crippen molar-refractivity contribution in [1.82, 2.24) is 4.90 Å². The van der Waals surface area contributed by atoms with Gasteiger partial charge in [-0.05, 0) is 25.8 Å². The first-order chi connectivity index (χ1) is 8.63. The standard InChI is InChI=1S/C15H26N2O/c1-13(2)17(9-10-18-3)12-15(16)11-14-7-5-4-6-8-14/h4-8,13,15H,9-12,16H2,1-3H3. The van der Waals surface area contributed by atoms with E-state index in [1.165, 1.54) is 5.56 Å². The molecule has 102 valence electrons. The van der Waals surface area contributed by atoms with Gasteiger partial charge in [0.05, 0.1) is 6.61 Å². The Bertz CT molecular complexity index is 314. The molecule has 0 aromatic heterocycles. The van der Waals surface area contributed by atoms with Gasteiger partial charge in [-0.3, -0.25) is 4.90 Å². The zero-order valence-electron chi connectivity index (χ0n) is 11.8. The monoisotopic (exact) mass is 250 g/mol. The first kappa shape index (κ1) is 15.2. The van der Waals surface area contributed by atoms with Crippen LogP contribution in [0, 0.1) is 0 Å². The van der Waals surface area contributed by atoms with E-state index in [1.807, 2.05) is 6.07 Å². The molecular weight excluding hydrogens is 224 g/mol. The number of benzene rings is 1. The molecule has 0 radical (unpaired) electrons. The highest BCUT2D eigenvalue weighted by atomic mass is 16.5. The molecule has 18 heavy (non-hydrogen) atoms. The van der Waals surface area contributed by atoms with Gasteiger partial charge in [0.15, 0.2) is 0 Å². The number of ether oxygens (including phenoxy) is 1. The number of hydrogen-bond acceptors (Lipinski definition) is 3. The fraction of sp³-hybridized carbons (Fsp3) is 0.600.